The Morgan fingerprint density at radius 1 is 1.16 bits per heavy atom. The first-order valence-corrected chi connectivity index (χ1v) is 7.37. The summed E-state index contributed by atoms with van der Waals surface area (Å²) in [5.74, 6) is 0.534. The molecule has 1 aromatic carbocycles. The van der Waals surface area contributed by atoms with Crippen molar-refractivity contribution >= 4 is 29.1 Å². The van der Waals surface area contributed by atoms with Crippen molar-refractivity contribution < 1.29 is 4.79 Å². The van der Waals surface area contributed by atoms with Crippen molar-refractivity contribution in [3.63, 3.8) is 0 Å². The van der Waals surface area contributed by atoms with Crippen LogP contribution in [0.25, 0.3) is 0 Å². The number of amides is 1. The molecular formula is C14H16Cl2N2O. The Hall–Kier alpha value is -0.770. The summed E-state index contributed by atoms with van der Waals surface area (Å²) in [4.78, 5) is 14.7. The Balaban J connectivity index is 1.71. The second-order valence-corrected chi connectivity index (χ2v) is 6.25. The van der Waals surface area contributed by atoms with Crippen molar-refractivity contribution in [3.8, 4) is 0 Å². The van der Waals surface area contributed by atoms with Gasteiger partial charge >= 0.3 is 0 Å². The summed E-state index contributed by atoms with van der Waals surface area (Å²) < 4.78 is 0. The molecular weight excluding hydrogens is 283 g/mol. The Kier molecular flexibility index (Phi) is 3.70. The fourth-order valence-corrected chi connectivity index (χ4v) is 3.59. The summed E-state index contributed by atoms with van der Waals surface area (Å²) in [5.41, 5.74) is 0.536. The van der Waals surface area contributed by atoms with Gasteiger partial charge in [-0.15, -0.1) is 0 Å². The standard InChI is InChI=1S/C14H16Cl2N2O/c15-11-5-10(6-12(16)7-11)14(19)17-13-8-18-3-1-9(13)2-4-18/h5-7,9,13H,1-4,8H2,(H,17,19)/t13-/m1/s1. The SMILES string of the molecule is O=C(N[C@@H]1CN2CCC1CC2)c1cc(Cl)cc(Cl)c1. The van der Waals surface area contributed by atoms with E-state index >= 15 is 0 Å². The number of hydrogen-bond acceptors (Lipinski definition) is 2. The van der Waals surface area contributed by atoms with E-state index in [2.05, 4.69) is 10.2 Å². The Labute approximate surface area is 122 Å². The zero-order valence-corrected chi connectivity index (χ0v) is 12.0. The van der Waals surface area contributed by atoms with Crippen LogP contribution in [0.2, 0.25) is 10.0 Å². The quantitative estimate of drug-likeness (QED) is 0.911. The van der Waals surface area contributed by atoms with Crippen molar-refractivity contribution in [1.82, 2.24) is 10.2 Å². The maximum Gasteiger partial charge on any atom is 0.251 e. The molecule has 3 saturated heterocycles. The third-order valence-corrected chi connectivity index (χ3v) is 4.53. The van der Waals surface area contributed by atoms with Crippen molar-refractivity contribution in [1.29, 1.82) is 0 Å². The maximum absolute atomic E-state index is 12.2. The lowest BCUT2D eigenvalue weighted by Crippen LogP contribution is -2.57. The highest BCUT2D eigenvalue weighted by Gasteiger charge is 2.34. The lowest BCUT2D eigenvalue weighted by Gasteiger charge is -2.44. The highest BCUT2D eigenvalue weighted by Crippen LogP contribution is 2.28. The fourth-order valence-electron chi connectivity index (χ4n) is 3.07. The molecule has 3 heterocycles. The minimum Gasteiger partial charge on any atom is -0.348 e. The molecule has 3 aliphatic heterocycles. The number of hydrogen-bond donors (Lipinski definition) is 1. The van der Waals surface area contributed by atoms with Crippen LogP contribution in [0.15, 0.2) is 18.2 Å². The molecule has 1 atom stereocenters. The summed E-state index contributed by atoms with van der Waals surface area (Å²) in [5, 5.41) is 4.11. The number of fused-ring (bicyclic) bond motifs is 3. The van der Waals surface area contributed by atoms with Gasteiger partial charge < -0.3 is 10.2 Å². The average Bonchev–Trinajstić information content (AvgIpc) is 2.39. The molecule has 2 bridgehead atoms. The zero-order chi connectivity index (χ0) is 13.4. The van der Waals surface area contributed by atoms with Crippen LogP contribution in [0.5, 0.6) is 0 Å². The highest BCUT2D eigenvalue weighted by atomic mass is 35.5. The third kappa shape index (κ3) is 2.88. The van der Waals surface area contributed by atoms with Crippen LogP contribution in [0.1, 0.15) is 23.2 Å². The first-order chi connectivity index (χ1) is 9.11. The van der Waals surface area contributed by atoms with E-state index in [0.717, 1.165) is 6.54 Å². The van der Waals surface area contributed by atoms with E-state index in [4.69, 9.17) is 23.2 Å². The minimum atomic E-state index is -0.0804. The summed E-state index contributed by atoms with van der Waals surface area (Å²) >= 11 is 11.9. The number of rotatable bonds is 2. The van der Waals surface area contributed by atoms with Crippen LogP contribution in [0.4, 0.5) is 0 Å². The van der Waals surface area contributed by atoms with Gasteiger partial charge in [0.1, 0.15) is 0 Å². The molecule has 102 valence electrons. The van der Waals surface area contributed by atoms with Gasteiger partial charge in [0.25, 0.3) is 5.91 Å². The van der Waals surface area contributed by atoms with Gasteiger partial charge in [0.05, 0.1) is 0 Å². The molecule has 0 unspecified atom stereocenters. The van der Waals surface area contributed by atoms with E-state index in [1.54, 1.807) is 18.2 Å². The predicted molar refractivity (Wildman–Crippen MR) is 76.9 cm³/mol. The molecule has 4 rings (SSSR count). The van der Waals surface area contributed by atoms with Gasteiger partial charge in [-0.2, -0.15) is 0 Å². The molecule has 1 amide bonds. The van der Waals surface area contributed by atoms with Crippen LogP contribution in [0.3, 0.4) is 0 Å². The Morgan fingerprint density at radius 2 is 1.79 bits per heavy atom. The normalized spacial score (nSPS) is 29.3. The van der Waals surface area contributed by atoms with Crippen LogP contribution in [0, 0.1) is 5.92 Å². The van der Waals surface area contributed by atoms with Crippen LogP contribution >= 0.6 is 23.2 Å². The number of nitrogens with zero attached hydrogens (tertiary/aromatic N) is 1. The van der Waals surface area contributed by atoms with Crippen molar-refractivity contribution in [2.45, 2.75) is 18.9 Å². The molecule has 3 fully saturated rings. The maximum atomic E-state index is 12.2. The van der Waals surface area contributed by atoms with Crippen molar-refractivity contribution in [2.24, 2.45) is 5.92 Å². The number of piperidine rings is 3. The highest BCUT2D eigenvalue weighted by molar-refractivity contribution is 6.35. The van der Waals surface area contributed by atoms with Gasteiger partial charge in [-0.05, 0) is 50.0 Å². The Morgan fingerprint density at radius 3 is 2.32 bits per heavy atom. The Bertz CT molecular complexity index is 478. The van der Waals surface area contributed by atoms with Crippen LogP contribution in [-0.2, 0) is 0 Å². The van der Waals surface area contributed by atoms with E-state index in [0.29, 0.717) is 21.5 Å². The number of benzene rings is 1. The first kappa shape index (κ1) is 13.2. The molecule has 0 saturated carbocycles. The largest absolute Gasteiger partial charge is 0.348 e. The lowest BCUT2D eigenvalue weighted by molar-refractivity contribution is 0.0620. The molecule has 1 aromatic rings. The van der Waals surface area contributed by atoms with Crippen molar-refractivity contribution in [3.05, 3.63) is 33.8 Å². The van der Waals surface area contributed by atoms with Crippen LogP contribution in [-0.4, -0.2) is 36.5 Å². The summed E-state index contributed by atoms with van der Waals surface area (Å²) in [6.07, 6.45) is 2.36. The smallest absolute Gasteiger partial charge is 0.251 e. The molecule has 3 aliphatic rings. The van der Waals surface area contributed by atoms with E-state index in [1.165, 1.54) is 25.9 Å². The van der Waals surface area contributed by atoms with Gasteiger partial charge in [0.15, 0.2) is 0 Å². The summed E-state index contributed by atoms with van der Waals surface area (Å²) in [7, 11) is 0. The number of nitrogens with one attached hydrogen (secondary N) is 1. The summed E-state index contributed by atoms with van der Waals surface area (Å²) in [6.45, 7) is 3.30. The molecule has 0 spiro atoms. The van der Waals surface area contributed by atoms with E-state index in [1.807, 2.05) is 0 Å². The molecule has 1 N–H and O–H groups in total. The van der Waals surface area contributed by atoms with Gasteiger partial charge in [0, 0.05) is 28.2 Å². The third-order valence-electron chi connectivity index (χ3n) is 4.10. The van der Waals surface area contributed by atoms with E-state index in [-0.39, 0.29) is 11.9 Å². The average molecular weight is 299 g/mol. The first-order valence-electron chi connectivity index (χ1n) is 6.61. The molecule has 3 nitrogen and oxygen atoms in total. The number of carbonyl (C=O) groups is 1. The van der Waals surface area contributed by atoms with E-state index < -0.39 is 0 Å². The molecule has 0 aromatic heterocycles. The molecule has 0 aliphatic carbocycles. The molecule has 5 heteroatoms. The second-order valence-electron chi connectivity index (χ2n) is 5.38. The molecule has 19 heavy (non-hydrogen) atoms. The van der Waals surface area contributed by atoms with Gasteiger partial charge in [-0.25, -0.2) is 0 Å². The number of carbonyl (C=O) groups excluding carboxylic acids is 1. The lowest BCUT2D eigenvalue weighted by atomic mass is 9.84. The van der Waals surface area contributed by atoms with Crippen molar-refractivity contribution in [2.75, 3.05) is 19.6 Å². The fraction of sp³-hybridized carbons (Fsp3) is 0.500. The topological polar surface area (TPSA) is 32.3 Å². The molecule has 0 radical (unpaired) electrons. The minimum absolute atomic E-state index is 0.0804. The van der Waals surface area contributed by atoms with Gasteiger partial charge in [-0.3, -0.25) is 4.79 Å². The monoisotopic (exact) mass is 298 g/mol. The van der Waals surface area contributed by atoms with Gasteiger partial charge in [0.2, 0.25) is 0 Å². The van der Waals surface area contributed by atoms with Crippen LogP contribution < -0.4 is 5.32 Å². The zero-order valence-electron chi connectivity index (χ0n) is 10.5. The number of halogens is 2. The predicted octanol–water partition coefficient (Wildman–Crippen LogP) is 2.82. The second kappa shape index (κ2) is 5.31. The van der Waals surface area contributed by atoms with E-state index in [9.17, 15) is 4.79 Å². The van der Waals surface area contributed by atoms with Gasteiger partial charge in [-0.1, -0.05) is 23.2 Å². The summed E-state index contributed by atoms with van der Waals surface area (Å²) in [6, 6.07) is 5.20.